The molecule has 1 aliphatic heterocycles. The van der Waals surface area contributed by atoms with Gasteiger partial charge in [0.1, 0.15) is 29.7 Å². The molecule has 0 spiro atoms. The molecule has 6 nitrogen and oxygen atoms in total. The number of methoxy groups -OCH3 is 1. The third kappa shape index (κ3) is 6.22. The number of fused-ring (bicyclic) bond motifs is 1. The van der Waals surface area contributed by atoms with Gasteiger partial charge in [-0.2, -0.15) is 0 Å². The van der Waals surface area contributed by atoms with Crippen molar-refractivity contribution in [1.29, 1.82) is 0 Å². The van der Waals surface area contributed by atoms with Crippen molar-refractivity contribution >= 4 is 33.7 Å². The maximum absolute atomic E-state index is 14.1. The van der Waals surface area contributed by atoms with Crippen molar-refractivity contribution in [2.75, 3.05) is 12.4 Å². The Morgan fingerprint density at radius 2 is 1.62 bits per heavy atom. The highest BCUT2D eigenvalue weighted by atomic mass is 35.5. The third-order valence-corrected chi connectivity index (χ3v) is 8.62. The van der Waals surface area contributed by atoms with Crippen LogP contribution < -0.4 is 19.0 Å². The maximum atomic E-state index is 14.1. The molecule has 3 N–H and O–H groups in total. The number of aryl methyl sites for hydroxylation is 1. The minimum absolute atomic E-state index is 0.175. The lowest BCUT2D eigenvalue weighted by Gasteiger charge is -2.33. The molecule has 220 valence electrons. The van der Waals surface area contributed by atoms with Gasteiger partial charge in [-0.05, 0) is 92.9 Å². The average molecular weight is 610 g/mol. The summed E-state index contributed by atoms with van der Waals surface area (Å²) in [5.41, 5.74) is 6.14. The number of benzene rings is 4. The predicted octanol–water partition coefficient (Wildman–Crippen LogP) is 9.75. The van der Waals surface area contributed by atoms with Crippen molar-refractivity contribution in [3.63, 3.8) is 0 Å². The Bertz CT molecular complexity index is 1670. The molecule has 0 bridgehead atoms. The molecule has 1 aliphatic rings. The van der Waals surface area contributed by atoms with Crippen LogP contribution in [0.4, 0.5) is 10.1 Å². The number of allylic oxidation sites excluding steroid dienone is 1. The Labute approximate surface area is 252 Å². The minimum Gasteiger partial charge on any atom is -0.496 e. The average Bonchev–Trinajstić information content (AvgIpc) is 2.92. The smallest absolute Gasteiger partial charge is 0.161 e. The summed E-state index contributed by atoms with van der Waals surface area (Å²) in [6.45, 7) is 8.33. The van der Waals surface area contributed by atoms with Gasteiger partial charge >= 0.3 is 0 Å². The molecule has 0 aromatic heterocycles. The van der Waals surface area contributed by atoms with Gasteiger partial charge in [-0.25, -0.2) is 4.39 Å². The van der Waals surface area contributed by atoms with Crippen LogP contribution in [0, 0.1) is 12.7 Å². The monoisotopic (exact) mass is 609 g/mol. The molecule has 9 heteroatoms. The lowest BCUT2D eigenvalue weighted by atomic mass is 9.85. The van der Waals surface area contributed by atoms with Gasteiger partial charge in [-0.3, -0.25) is 9.11 Å². The van der Waals surface area contributed by atoms with E-state index >= 15 is 0 Å². The van der Waals surface area contributed by atoms with Crippen molar-refractivity contribution in [2.45, 2.75) is 44.7 Å². The lowest BCUT2D eigenvalue weighted by molar-refractivity contribution is 0.302. The van der Waals surface area contributed by atoms with E-state index in [2.05, 4.69) is 32.2 Å². The number of rotatable bonds is 8. The van der Waals surface area contributed by atoms with Crippen molar-refractivity contribution < 1.29 is 27.2 Å². The van der Waals surface area contributed by atoms with Crippen LogP contribution in [0.25, 0.3) is 16.7 Å². The molecule has 0 unspecified atom stereocenters. The van der Waals surface area contributed by atoms with Gasteiger partial charge in [0, 0.05) is 39.5 Å². The molecular weight excluding hydrogens is 577 g/mol. The first kappa shape index (κ1) is 29.8. The fourth-order valence-electron chi connectivity index (χ4n) is 5.22. The van der Waals surface area contributed by atoms with Crippen LogP contribution in [0.5, 0.6) is 17.2 Å². The van der Waals surface area contributed by atoms with Crippen LogP contribution in [0.15, 0.2) is 83.8 Å². The van der Waals surface area contributed by atoms with E-state index in [-0.39, 0.29) is 28.6 Å². The van der Waals surface area contributed by atoms with E-state index < -0.39 is 10.9 Å². The summed E-state index contributed by atoms with van der Waals surface area (Å²) in [7, 11) is -2.06. The molecule has 42 heavy (non-hydrogen) atoms. The zero-order chi connectivity index (χ0) is 30.2. The minimum atomic E-state index is -3.60. The second kappa shape index (κ2) is 11.5. The molecule has 1 heterocycles. The number of hydrogen-bond acceptors (Lipinski definition) is 6. The normalized spacial score (nSPS) is 14.4. The maximum Gasteiger partial charge on any atom is 0.161 e. The molecule has 0 aliphatic carbocycles. The molecule has 4 aromatic rings. The van der Waals surface area contributed by atoms with Crippen LogP contribution in [0.1, 0.15) is 37.5 Å². The summed E-state index contributed by atoms with van der Waals surface area (Å²) in [5, 5.41) is 4.06. The van der Waals surface area contributed by atoms with Gasteiger partial charge in [0.2, 0.25) is 0 Å². The Hall–Kier alpha value is -3.69. The van der Waals surface area contributed by atoms with Crippen LogP contribution in [-0.2, 0) is 6.61 Å². The molecule has 5 rings (SSSR count). The molecule has 0 amide bonds. The first-order chi connectivity index (χ1) is 19.9. The van der Waals surface area contributed by atoms with Gasteiger partial charge in [-0.1, -0.05) is 29.8 Å². The van der Waals surface area contributed by atoms with E-state index in [1.807, 2.05) is 25.1 Å². The number of ether oxygens (including phenoxy) is 2. The van der Waals surface area contributed by atoms with Gasteiger partial charge < -0.3 is 19.0 Å². The molecule has 0 radical (unpaired) electrons. The second-order valence-corrected chi connectivity index (χ2v) is 12.9. The molecule has 4 aromatic carbocycles. The van der Waals surface area contributed by atoms with E-state index in [0.29, 0.717) is 16.5 Å². The largest absolute Gasteiger partial charge is 0.496 e. The summed E-state index contributed by atoms with van der Waals surface area (Å²) in [4.78, 5) is 0.203. The zero-order valence-corrected chi connectivity index (χ0v) is 25.6. The molecule has 0 atom stereocenters. The summed E-state index contributed by atoms with van der Waals surface area (Å²) >= 11 is 5.94. The Morgan fingerprint density at radius 1 is 0.905 bits per heavy atom. The highest BCUT2D eigenvalue weighted by Gasteiger charge is 2.28. The summed E-state index contributed by atoms with van der Waals surface area (Å²) in [6.07, 6.45) is 2.17. The van der Waals surface area contributed by atoms with E-state index in [1.165, 1.54) is 24.3 Å². The van der Waals surface area contributed by atoms with Crippen molar-refractivity contribution in [1.82, 2.24) is 0 Å². The zero-order valence-electron chi connectivity index (χ0n) is 24.0. The molecule has 0 saturated carbocycles. The number of hydrogen-bond donors (Lipinski definition) is 3. The Morgan fingerprint density at radius 3 is 2.33 bits per heavy atom. The summed E-state index contributed by atoms with van der Waals surface area (Å²) in [6, 6.07) is 19.7. The fourth-order valence-corrected chi connectivity index (χ4v) is 6.31. The lowest BCUT2D eigenvalue weighted by Crippen LogP contribution is -2.32. The van der Waals surface area contributed by atoms with Crippen molar-refractivity contribution in [3.05, 3.63) is 106 Å². The van der Waals surface area contributed by atoms with Crippen LogP contribution in [0.2, 0.25) is 5.02 Å². The quantitative estimate of drug-likeness (QED) is 0.184. The standard InChI is InChI=1S/C33H33ClFNO5S/c1-20-6-9-23(35)16-30(20)40-19-28-26(14-15-29-32(28)21(2)18-33(3,4)36-29)27-13-10-24(17-31(27)39-5)41-42(37,38)25-11-7-22(34)8-12-25/h6-18,36-38H,19H2,1-5H3. The predicted molar refractivity (Wildman–Crippen MR) is 168 cm³/mol. The first-order valence-corrected chi connectivity index (χ1v) is 15.2. The van der Waals surface area contributed by atoms with E-state index in [9.17, 15) is 13.5 Å². The summed E-state index contributed by atoms with van der Waals surface area (Å²) in [5.74, 6) is 0.781. The SMILES string of the molecule is COc1cc(OS(O)(O)c2ccc(Cl)cc2)ccc1-c1ccc2c(c1COc1cc(F)ccc1C)C(C)=CC(C)(C)N2. The molecule has 0 fully saturated rings. The molecular formula is C33H33ClFNO5S. The second-order valence-electron chi connectivity index (χ2n) is 10.8. The van der Waals surface area contributed by atoms with Gasteiger partial charge in [0.05, 0.1) is 17.5 Å². The Balaban J connectivity index is 1.56. The van der Waals surface area contributed by atoms with E-state index in [0.717, 1.165) is 39.1 Å². The van der Waals surface area contributed by atoms with Gasteiger partial charge in [0.15, 0.2) is 10.9 Å². The van der Waals surface area contributed by atoms with Crippen molar-refractivity contribution in [2.24, 2.45) is 0 Å². The number of halogens is 2. The number of anilines is 1. The van der Waals surface area contributed by atoms with Gasteiger partial charge in [0.25, 0.3) is 0 Å². The van der Waals surface area contributed by atoms with Crippen LogP contribution in [0.3, 0.4) is 0 Å². The highest BCUT2D eigenvalue weighted by molar-refractivity contribution is 8.20. The third-order valence-electron chi connectivity index (χ3n) is 7.06. The van der Waals surface area contributed by atoms with Crippen molar-refractivity contribution in [3.8, 4) is 28.4 Å². The highest BCUT2D eigenvalue weighted by Crippen LogP contribution is 2.51. The Kier molecular flexibility index (Phi) is 8.18. The van der Waals surface area contributed by atoms with Gasteiger partial charge in [-0.15, -0.1) is 0 Å². The van der Waals surface area contributed by atoms with Crippen LogP contribution in [-0.4, -0.2) is 21.8 Å². The summed E-state index contributed by atoms with van der Waals surface area (Å²) < 4.78 is 53.1. The number of nitrogens with one attached hydrogen (secondary N) is 1. The van der Waals surface area contributed by atoms with E-state index in [1.54, 1.807) is 37.4 Å². The van der Waals surface area contributed by atoms with Crippen LogP contribution >= 0.6 is 22.5 Å². The van der Waals surface area contributed by atoms with E-state index in [4.69, 9.17) is 25.3 Å². The fraction of sp³-hybridized carbons (Fsp3) is 0.212. The topological polar surface area (TPSA) is 80.2 Å². The molecule has 0 saturated heterocycles. The first-order valence-electron chi connectivity index (χ1n) is 13.3.